The summed E-state index contributed by atoms with van der Waals surface area (Å²) in [6.45, 7) is 6.40. The number of carbonyl (C=O) groups excluding carboxylic acids is 1. The van der Waals surface area contributed by atoms with E-state index in [0.717, 1.165) is 0 Å². The Morgan fingerprint density at radius 1 is 1.61 bits per heavy atom. The average Bonchev–Trinajstić information content (AvgIpc) is 2.58. The first kappa shape index (κ1) is 14.4. The average molecular weight is 255 g/mol. The van der Waals surface area contributed by atoms with Crippen molar-refractivity contribution in [2.45, 2.75) is 39.8 Å². The van der Waals surface area contributed by atoms with Crippen LogP contribution in [0.5, 0.6) is 0 Å². The maximum Gasteiger partial charge on any atom is 0.241 e. The second-order valence-corrected chi connectivity index (χ2v) is 5.52. The van der Waals surface area contributed by atoms with E-state index in [1.807, 2.05) is 20.8 Å². The van der Waals surface area contributed by atoms with Gasteiger partial charge in [0, 0.05) is 6.54 Å². The van der Waals surface area contributed by atoms with Crippen LogP contribution in [0, 0.1) is 5.41 Å². The van der Waals surface area contributed by atoms with Gasteiger partial charge < -0.3 is 16.2 Å². The highest BCUT2D eigenvalue weighted by atomic mass is 16.3. The lowest BCUT2D eigenvalue weighted by molar-refractivity contribution is -0.122. The predicted octanol–water partition coefficient (Wildman–Crippen LogP) is -0.226. The third-order valence-corrected chi connectivity index (χ3v) is 2.24. The number of nitrogen functional groups attached to an aromatic ring is 1. The highest BCUT2D eigenvalue weighted by molar-refractivity contribution is 5.75. The van der Waals surface area contributed by atoms with Gasteiger partial charge in [0.15, 0.2) is 0 Å². The molecular formula is C11H21N5O2. The molecule has 0 bridgehead atoms. The molecule has 1 heterocycles. The summed E-state index contributed by atoms with van der Waals surface area (Å²) in [6.07, 6.45) is 1.47. The van der Waals surface area contributed by atoms with Crippen molar-refractivity contribution in [3.05, 3.63) is 6.33 Å². The van der Waals surface area contributed by atoms with Crippen molar-refractivity contribution in [3.63, 3.8) is 0 Å². The lowest BCUT2D eigenvalue weighted by Gasteiger charge is -2.22. The van der Waals surface area contributed by atoms with Gasteiger partial charge in [-0.3, -0.25) is 4.79 Å². The molecule has 1 rings (SSSR count). The number of carbonyl (C=O) groups is 1. The molecule has 1 amide bonds. The van der Waals surface area contributed by atoms with Crippen LogP contribution in [0.2, 0.25) is 0 Å². The lowest BCUT2D eigenvalue weighted by atomic mass is 9.89. The monoisotopic (exact) mass is 255 g/mol. The molecule has 0 fully saturated rings. The summed E-state index contributed by atoms with van der Waals surface area (Å²) in [5, 5.41) is 16.2. The van der Waals surface area contributed by atoms with Gasteiger partial charge in [0.05, 0.1) is 6.10 Å². The number of aromatic nitrogens is 3. The first-order chi connectivity index (χ1) is 8.26. The summed E-state index contributed by atoms with van der Waals surface area (Å²) in [5.74, 6) is -0.0940. The maximum atomic E-state index is 11.5. The Kier molecular flexibility index (Phi) is 4.66. The number of rotatable bonds is 5. The van der Waals surface area contributed by atoms with Crippen LogP contribution < -0.4 is 11.1 Å². The summed E-state index contributed by atoms with van der Waals surface area (Å²) in [6, 6.07) is 0. The molecule has 1 unspecified atom stereocenters. The zero-order valence-electron chi connectivity index (χ0n) is 11.1. The number of nitrogens with one attached hydrogen (secondary N) is 1. The highest BCUT2D eigenvalue weighted by Gasteiger charge is 2.17. The van der Waals surface area contributed by atoms with Crippen LogP contribution in [-0.4, -0.2) is 38.4 Å². The Balaban J connectivity index is 2.29. The Hall–Kier alpha value is -1.63. The van der Waals surface area contributed by atoms with E-state index in [1.54, 1.807) is 0 Å². The van der Waals surface area contributed by atoms with Gasteiger partial charge in [-0.15, -0.1) is 5.10 Å². The number of nitrogens with two attached hydrogens (primary N) is 1. The second kappa shape index (κ2) is 5.81. The summed E-state index contributed by atoms with van der Waals surface area (Å²) < 4.78 is 1.35. The molecule has 0 aliphatic rings. The van der Waals surface area contributed by atoms with Gasteiger partial charge in [0.2, 0.25) is 11.9 Å². The Morgan fingerprint density at radius 2 is 2.28 bits per heavy atom. The topological polar surface area (TPSA) is 106 Å². The minimum Gasteiger partial charge on any atom is -0.391 e. The number of hydrogen-bond acceptors (Lipinski definition) is 5. The highest BCUT2D eigenvalue weighted by Crippen LogP contribution is 2.20. The predicted molar refractivity (Wildman–Crippen MR) is 67.5 cm³/mol. The fraction of sp³-hybridized carbons (Fsp3) is 0.727. The minimum atomic E-state index is -0.547. The molecule has 0 saturated heterocycles. The molecule has 7 heteroatoms. The number of nitrogens with zero attached hydrogens (tertiary/aromatic N) is 3. The standard InChI is InChI=1S/C11H21N5O2/c1-11(2,3)4-8(17)5-13-9(18)6-16-7-14-10(12)15-16/h7-8,17H,4-6H2,1-3H3,(H2,12,15)(H,13,18). The molecule has 1 aromatic heterocycles. The minimum absolute atomic E-state index is 0.0322. The van der Waals surface area contributed by atoms with Crippen molar-refractivity contribution in [2.24, 2.45) is 5.41 Å². The first-order valence-electron chi connectivity index (χ1n) is 5.86. The van der Waals surface area contributed by atoms with Crippen molar-refractivity contribution in [1.82, 2.24) is 20.1 Å². The SMILES string of the molecule is CC(C)(C)CC(O)CNC(=O)Cn1cnc(N)n1. The summed E-state index contributed by atoms with van der Waals surface area (Å²) in [4.78, 5) is 15.3. The van der Waals surface area contributed by atoms with E-state index in [4.69, 9.17) is 5.73 Å². The number of anilines is 1. The van der Waals surface area contributed by atoms with Crippen LogP contribution in [0.15, 0.2) is 6.33 Å². The van der Waals surface area contributed by atoms with Gasteiger partial charge in [-0.2, -0.15) is 0 Å². The smallest absolute Gasteiger partial charge is 0.241 e. The first-order valence-corrected chi connectivity index (χ1v) is 5.86. The Labute approximate surface area is 106 Å². The van der Waals surface area contributed by atoms with Crippen LogP contribution in [0.4, 0.5) is 5.95 Å². The molecule has 0 saturated carbocycles. The van der Waals surface area contributed by atoms with Crippen molar-refractivity contribution in [3.8, 4) is 0 Å². The Bertz CT molecular complexity index is 396. The third-order valence-electron chi connectivity index (χ3n) is 2.24. The van der Waals surface area contributed by atoms with E-state index in [2.05, 4.69) is 15.4 Å². The van der Waals surface area contributed by atoms with Crippen LogP contribution in [0.25, 0.3) is 0 Å². The second-order valence-electron chi connectivity index (χ2n) is 5.52. The molecule has 0 radical (unpaired) electrons. The molecule has 0 spiro atoms. The van der Waals surface area contributed by atoms with Crippen LogP contribution in [0.1, 0.15) is 27.2 Å². The molecule has 4 N–H and O–H groups in total. The maximum absolute atomic E-state index is 11.5. The van der Waals surface area contributed by atoms with Gasteiger partial charge in [-0.1, -0.05) is 20.8 Å². The zero-order chi connectivity index (χ0) is 13.8. The number of amides is 1. The van der Waals surface area contributed by atoms with Crippen molar-refractivity contribution < 1.29 is 9.90 Å². The largest absolute Gasteiger partial charge is 0.391 e. The molecule has 0 aliphatic carbocycles. The zero-order valence-corrected chi connectivity index (χ0v) is 11.1. The molecule has 7 nitrogen and oxygen atoms in total. The van der Waals surface area contributed by atoms with Gasteiger partial charge in [0.1, 0.15) is 12.9 Å². The molecule has 1 atom stereocenters. The lowest BCUT2D eigenvalue weighted by Crippen LogP contribution is -2.36. The quantitative estimate of drug-likeness (QED) is 0.674. The molecule has 0 aliphatic heterocycles. The fourth-order valence-electron chi connectivity index (χ4n) is 1.60. The fourth-order valence-corrected chi connectivity index (χ4v) is 1.60. The normalized spacial score (nSPS) is 13.3. The summed E-state index contributed by atoms with van der Waals surface area (Å²) >= 11 is 0. The van der Waals surface area contributed by atoms with Gasteiger partial charge >= 0.3 is 0 Å². The molecule has 1 aromatic rings. The number of hydrogen-bond donors (Lipinski definition) is 3. The van der Waals surface area contributed by atoms with Crippen molar-refractivity contribution in [2.75, 3.05) is 12.3 Å². The molecule has 102 valence electrons. The van der Waals surface area contributed by atoms with Crippen molar-refractivity contribution >= 4 is 11.9 Å². The van der Waals surface area contributed by atoms with Crippen LogP contribution in [-0.2, 0) is 11.3 Å². The molecule has 0 aromatic carbocycles. The number of aliphatic hydroxyl groups excluding tert-OH is 1. The van der Waals surface area contributed by atoms with E-state index in [-0.39, 0.29) is 30.4 Å². The van der Waals surface area contributed by atoms with E-state index >= 15 is 0 Å². The van der Waals surface area contributed by atoms with Gasteiger partial charge in [-0.25, -0.2) is 9.67 Å². The number of aliphatic hydroxyl groups is 1. The van der Waals surface area contributed by atoms with E-state index in [0.29, 0.717) is 6.42 Å². The van der Waals surface area contributed by atoms with E-state index in [9.17, 15) is 9.90 Å². The third kappa shape index (κ3) is 5.62. The molecule has 18 heavy (non-hydrogen) atoms. The van der Waals surface area contributed by atoms with Crippen LogP contribution in [0.3, 0.4) is 0 Å². The molecular weight excluding hydrogens is 234 g/mol. The van der Waals surface area contributed by atoms with Crippen LogP contribution >= 0.6 is 0 Å². The van der Waals surface area contributed by atoms with Gasteiger partial charge in [0.25, 0.3) is 0 Å². The van der Waals surface area contributed by atoms with Gasteiger partial charge in [-0.05, 0) is 11.8 Å². The Morgan fingerprint density at radius 3 is 2.78 bits per heavy atom. The summed E-state index contributed by atoms with van der Waals surface area (Å²) in [5.41, 5.74) is 5.36. The van der Waals surface area contributed by atoms with E-state index < -0.39 is 6.10 Å². The van der Waals surface area contributed by atoms with Crippen molar-refractivity contribution in [1.29, 1.82) is 0 Å². The van der Waals surface area contributed by atoms with E-state index in [1.165, 1.54) is 11.0 Å². The summed E-state index contributed by atoms with van der Waals surface area (Å²) in [7, 11) is 0.